The third-order valence-corrected chi connectivity index (χ3v) is 3.21. The van der Waals surface area contributed by atoms with Gasteiger partial charge in [0.05, 0.1) is 0 Å². The van der Waals surface area contributed by atoms with Crippen molar-refractivity contribution in [3.05, 3.63) is 65.5 Å². The van der Waals surface area contributed by atoms with Gasteiger partial charge in [0.15, 0.2) is 0 Å². The van der Waals surface area contributed by atoms with Crippen LogP contribution < -0.4 is 10.6 Å². The quantitative estimate of drug-likeness (QED) is 0.891. The van der Waals surface area contributed by atoms with Crippen LogP contribution in [0.2, 0.25) is 0 Å². The first kappa shape index (κ1) is 13.6. The minimum absolute atomic E-state index is 0.228. The number of hydrogen-bond acceptors (Lipinski definition) is 2. The second-order valence-electron chi connectivity index (χ2n) is 4.48. The molecule has 2 aromatic rings. The lowest BCUT2D eigenvalue weighted by Crippen LogP contribution is -2.22. The lowest BCUT2D eigenvalue weighted by Gasteiger charge is -2.23. The summed E-state index contributed by atoms with van der Waals surface area (Å²) in [6.45, 7) is 4.00. The van der Waals surface area contributed by atoms with Crippen molar-refractivity contribution in [2.45, 2.75) is 20.0 Å². The molecule has 19 heavy (non-hydrogen) atoms. The molecule has 2 rings (SSSR count). The van der Waals surface area contributed by atoms with E-state index in [-0.39, 0.29) is 12.4 Å². The summed E-state index contributed by atoms with van der Waals surface area (Å²) >= 11 is 0. The van der Waals surface area contributed by atoms with Gasteiger partial charge >= 0.3 is 0 Å². The van der Waals surface area contributed by atoms with Crippen molar-refractivity contribution in [2.75, 3.05) is 11.4 Å². The fraction of sp³-hybridized carbons (Fsp3) is 0.250. The van der Waals surface area contributed by atoms with Crippen molar-refractivity contribution in [1.29, 1.82) is 0 Å². The lowest BCUT2D eigenvalue weighted by atomic mass is 10.1. The fourth-order valence-electron chi connectivity index (χ4n) is 2.13. The second kappa shape index (κ2) is 6.34. The van der Waals surface area contributed by atoms with Crippen LogP contribution >= 0.6 is 0 Å². The summed E-state index contributed by atoms with van der Waals surface area (Å²) in [6, 6.07) is 15.4. The molecule has 0 aromatic heterocycles. The molecular weight excluding hydrogens is 239 g/mol. The summed E-state index contributed by atoms with van der Waals surface area (Å²) in [5.74, 6) is -0.228. The standard InChI is InChI=1S/C16H19FN2/c1-2-19(15-6-4-3-5-7-15)12-13-8-9-16(17)14(10-13)11-18/h3-10H,2,11-12,18H2,1H3. The molecule has 0 fully saturated rings. The zero-order valence-corrected chi connectivity index (χ0v) is 11.1. The number of para-hydroxylation sites is 1. The van der Waals surface area contributed by atoms with E-state index in [1.807, 2.05) is 30.3 Å². The molecular formula is C16H19FN2. The first-order valence-corrected chi connectivity index (χ1v) is 6.52. The van der Waals surface area contributed by atoms with Crippen LogP contribution in [0.1, 0.15) is 18.1 Å². The van der Waals surface area contributed by atoms with Crippen molar-refractivity contribution in [3.8, 4) is 0 Å². The van der Waals surface area contributed by atoms with Crippen LogP contribution in [0.15, 0.2) is 48.5 Å². The number of hydrogen-bond donors (Lipinski definition) is 1. The first-order chi connectivity index (χ1) is 9.24. The van der Waals surface area contributed by atoms with Crippen LogP contribution in [0.4, 0.5) is 10.1 Å². The van der Waals surface area contributed by atoms with Gasteiger partial charge in [-0.2, -0.15) is 0 Å². The zero-order valence-electron chi connectivity index (χ0n) is 11.1. The van der Waals surface area contributed by atoms with Crippen LogP contribution in [-0.2, 0) is 13.1 Å². The molecule has 0 heterocycles. The Hall–Kier alpha value is -1.87. The highest BCUT2D eigenvalue weighted by Crippen LogP contribution is 2.18. The molecule has 0 atom stereocenters. The Labute approximate surface area is 113 Å². The molecule has 0 saturated carbocycles. The Bertz CT molecular complexity index is 526. The molecule has 2 aromatic carbocycles. The fourth-order valence-corrected chi connectivity index (χ4v) is 2.13. The second-order valence-corrected chi connectivity index (χ2v) is 4.48. The van der Waals surface area contributed by atoms with Gasteiger partial charge in [-0.3, -0.25) is 0 Å². The molecule has 0 bridgehead atoms. The highest BCUT2D eigenvalue weighted by molar-refractivity contribution is 5.46. The van der Waals surface area contributed by atoms with Gasteiger partial charge < -0.3 is 10.6 Å². The maximum atomic E-state index is 13.4. The van der Waals surface area contributed by atoms with Gasteiger partial charge in [0.1, 0.15) is 5.82 Å². The molecule has 0 radical (unpaired) electrons. The summed E-state index contributed by atoms with van der Waals surface area (Å²) in [5, 5.41) is 0. The topological polar surface area (TPSA) is 29.3 Å². The largest absolute Gasteiger partial charge is 0.367 e. The molecule has 3 heteroatoms. The van der Waals surface area contributed by atoms with Crippen LogP contribution in [0.5, 0.6) is 0 Å². The van der Waals surface area contributed by atoms with Gasteiger partial charge in [-0.05, 0) is 36.8 Å². The number of halogens is 1. The van der Waals surface area contributed by atoms with E-state index >= 15 is 0 Å². The monoisotopic (exact) mass is 258 g/mol. The van der Waals surface area contributed by atoms with Gasteiger partial charge in [0.2, 0.25) is 0 Å². The predicted molar refractivity (Wildman–Crippen MR) is 77.5 cm³/mol. The normalized spacial score (nSPS) is 10.5. The number of nitrogens with zero attached hydrogens (tertiary/aromatic N) is 1. The zero-order chi connectivity index (χ0) is 13.7. The van der Waals surface area contributed by atoms with Gasteiger partial charge in [0.25, 0.3) is 0 Å². The third kappa shape index (κ3) is 3.32. The minimum Gasteiger partial charge on any atom is -0.367 e. The Morgan fingerprint density at radius 1 is 1.11 bits per heavy atom. The molecule has 0 saturated heterocycles. The minimum atomic E-state index is -0.228. The van der Waals surface area contributed by atoms with E-state index in [1.54, 1.807) is 0 Å². The Morgan fingerprint density at radius 2 is 1.84 bits per heavy atom. The summed E-state index contributed by atoms with van der Waals surface area (Å²) in [4.78, 5) is 2.24. The van der Waals surface area contributed by atoms with E-state index in [2.05, 4.69) is 24.0 Å². The maximum absolute atomic E-state index is 13.4. The van der Waals surface area contributed by atoms with E-state index in [4.69, 9.17) is 5.73 Å². The van der Waals surface area contributed by atoms with Gasteiger partial charge in [-0.25, -0.2) is 4.39 Å². The van der Waals surface area contributed by atoms with E-state index in [1.165, 1.54) is 11.8 Å². The molecule has 0 spiro atoms. The lowest BCUT2D eigenvalue weighted by molar-refractivity contribution is 0.609. The molecule has 0 unspecified atom stereocenters. The summed E-state index contributed by atoms with van der Waals surface area (Å²) in [6.07, 6.45) is 0. The third-order valence-electron chi connectivity index (χ3n) is 3.21. The van der Waals surface area contributed by atoms with Crippen LogP contribution in [0, 0.1) is 5.82 Å². The molecule has 0 aliphatic carbocycles. The van der Waals surface area contributed by atoms with E-state index in [0.717, 1.165) is 18.7 Å². The molecule has 100 valence electrons. The van der Waals surface area contributed by atoms with Crippen molar-refractivity contribution < 1.29 is 4.39 Å². The van der Waals surface area contributed by atoms with Crippen molar-refractivity contribution >= 4 is 5.69 Å². The average Bonchev–Trinajstić information content (AvgIpc) is 2.47. The van der Waals surface area contributed by atoms with Crippen molar-refractivity contribution in [1.82, 2.24) is 0 Å². The van der Waals surface area contributed by atoms with Gasteiger partial charge in [0, 0.05) is 30.9 Å². The van der Waals surface area contributed by atoms with E-state index in [0.29, 0.717) is 5.56 Å². The Balaban J connectivity index is 2.19. The Kier molecular flexibility index (Phi) is 4.53. The molecule has 2 N–H and O–H groups in total. The number of benzene rings is 2. The maximum Gasteiger partial charge on any atom is 0.127 e. The summed E-state index contributed by atoms with van der Waals surface area (Å²) in [5.41, 5.74) is 8.36. The van der Waals surface area contributed by atoms with E-state index < -0.39 is 0 Å². The summed E-state index contributed by atoms with van der Waals surface area (Å²) < 4.78 is 13.4. The van der Waals surface area contributed by atoms with Crippen LogP contribution in [-0.4, -0.2) is 6.54 Å². The molecule has 0 aliphatic heterocycles. The smallest absolute Gasteiger partial charge is 0.127 e. The Morgan fingerprint density at radius 3 is 2.47 bits per heavy atom. The number of nitrogens with two attached hydrogens (primary N) is 1. The predicted octanol–water partition coefficient (Wildman–Crippen LogP) is 3.31. The molecule has 0 aliphatic rings. The number of rotatable bonds is 5. The molecule has 0 amide bonds. The van der Waals surface area contributed by atoms with Crippen LogP contribution in [0.25, 0.3) is 0 Å². The number of anilines is 1. The van der Waals surface area contributed by atoms with Crippen molar-refractivity contribution in [2.24, 2.45) is 5.73 Å². The summed E-state index contributed by atoms with van der Waals surface area (Å²) in [7, 11) is 0. The van der Waals surface area contributed by atoms with E-state index in [9.17, 15) is 4.39 Å². The van der Waals surface area contributed by atoms with Gasteiger partial charge in [-0.1, -0.05) is 24.3 Å². The highest BCUT2D eigenvalue weighted by Gasteiger charge is 2.07. The van der Waals surface area contributed by atoms with Gasteiger partial charge in [-0.15, -0.1) is 0 Å². The van der Waals surface area contributed by atoms with Crippen molar-refractivity contribution in [3.63, 3.8) is 0 Å². The average molecular weight is 258 g/mol. The van der Waals surface area contributed by atoms with Crippen LogP contribution in [0.3, 0.4) is 0 Å². The SMILES string of the molecule is CCN(Cc1ccc(F)c(CN)c1)c1ccccc1. The first-order valence-electron chi connectivity index (χ1n) is 6.52. The molecule has 2 nitrogen and oxygen atoms in total. The highest BCUT2D eigenvalue weighted by atomic mass is 19.1.